The van der Waals surface area contributed by atoms with E-state index in [0.717, 1.165) is 10.0 Å². The lowest BCUT2D eigenvalue weighted by molar-refractivity contribution is -0.144. The number of hydrogen-bond donors (Lipinski definition) is 3. The molecule has 0 aromatic heterocycles. The van der Waals surface area contributed by atoms with Crippen LogP contribution in [0.2, 0.25) is 0 Å². The highest BCUT2D eigenvalue weighted by Gasteiger charge is 2.35. The molecule has 1 aliphatic rings. The molecular weight excluding hydrogens is 334 g/mol. The van der Waals surface area contributed by atoms with Crippen molar-refractivity contribution in [1.29, 1.82) is 0 Å². The Balaban J connectivity index is 1.86. The van der Waals surface area contributed by atoms with Gasteiger partial charge >= 0.3 is 5.97 Å². The molecule has 21 heavy (non-hydrogen) atoms. The van der Waals surface area contributed by atoms with Crippen molar-refractivity contribution in [2.45, 2.75) is 44.2 Å². The summed E-state index contributed by atoms with van der Waals surface area (Å²) >= 11 is 3.46. The van der Waals surface area contributed by atoms with Crippen LogP contribution in [0.5, 0.6) is 0 Å². The van der Waals surface area contributed by atoms with Crippen molar-refractivity contribution in [2.24, 2.45) is 5.92 Å². The molecule has 1 fully saturated rings. The molecule has 0 unspecified atom stereocenters. The smallest absolute Gasteiger partial charge is 0.306 e. The molecule has 3 N–H and O–H groups in total. The summed E-state index contributed by atoms with van der Waals surface area (Å²) in [7, 11) is 0. The topological polar surface area (TPSA) is 69.6 Å². The second-order valence-corrected chi connectivity index (χ2v) is 6.91. The predicted molar refractivity (Wildman–Crippen MR) is 85.1 cm³/mol. The Morgan fingerprint density at radius 2 is 2.14 bits per heavy atom. The highest BCUT2D eigenvalue weighted by molar-refractivity contribution is 9.10. The Hall–Kier alpha value is -0.910. The summed E-state index contributed by atoms with van der Waals surface area (Å²) < 4.78 is 1.04. The first-order valence-corrected chi connectivity index (χ1v) is 8.13. The summed E-state index contributed by atoms with van der Waals surface area (Å²) in [6, 6.07) is 8.22. The second-order valence-electron chi connectivity index (χ2n) is 5.99. The van der Waals surface area contributed by atoms with Gasteiger partial charge in [-0.15, -0.1) is 0 Å². The number of rotatable bonds is 5. The largest absolute Gasteiger partial charge is 0.481 e. The zero-order chi connectivity index (χ0) is 15.5. The molecule has 0 spiro atoms. The summed E-state index contributed by atoms with van der Waals surface area (Å²) in [4.78, 5) is 10.9. The number of carboxylic acids is 1. The van der Waals surface area contributed by atoms with E-state index in [-0.39, 0.29) is 12.0 Å². The van der Waals surface area contributed by atoms with Crippen molar-refractivity contribution in [3.63, 3.8) is 0 Å². The average Bonchev–Trinajstić information content (AvgIpc) is 2.45. The normalized spacial score (nSPS) is 27.3. The second kappa shape index (κ2) is 6.90. The van der Waals surface area contributed by atoms with Crippen molar-refractivity contribution in [3.05, 3.63) is 34.3 Å². The molecule has 1 aromatic rings. The van der Waals surface area contributed by atoms with Gasteiger partial charge in [0.25, 0.3) is 0 Å². The van der Waals surface area contributed by atoms with Crippen LogP contribution in [-0.4, -0.2) is 28.3 Å². The standard InChI is InChI=1S/C16H22BrNO3/c1-11(13-3-2-4-14(17)9-13)18-10-16(21)7-5-12(6-8-16)15(19)20/h2-4,9,11-12,18,21H,5-8,10H2,1H3,(H,19,20)/t11-,12?,16?/m0/s1. The summed E-state index contributed by atoms with van der Waals surface area (Å²) in [6.45, 7) is 2.56. The van der Waals surface area contributed by atoms with E-state index in [1.54, 1.807) is 0 Å². The summed E-state index contributed by atoms with van der Waals surface area (Å²) in [6.07, 6.45) is 2.20. The van der Waals surface area contributed by atoms with Gasteiger partial charge in [-0.1, -0.05) is 28.1 Å². The first-order chi connectivity index (χ1) is 9.89. The van der Waals surface area contributed by atoms with E-state index in [2.05, 4.69) is 34.2 Å². The van der Waals surface area contributed by atoms with Crippen LogP contribution in [0, 0.1) is 5.92 Å². The minimum Gasteiger partial charge on any atom is -0.481 e. The minimum absolute atomic E-state index is 0.142. The lowest BCUT2D eigenvalue weighted by atomic mass is 9.78. The number of aliphatic carboxylic acids is 1. The Kier molecular flexibility index (Phi) is 5.41. The van der Waals surface area contributed by atoms with Crippen LogP contribution < -0.4 is 5.32 Å². The van der Waals surface area contributed by atoms with E-state index >= 15 is 0 Å². The maximum Gasteiger partial charge on any atom is 0.306 e. The lowest BCUT2D eigenvalue weighted by Crippen LogP contribution is -2.45. The van der Waals surface area contributed by atoms with Crippen LogP contribution in [0.1, 0.15) is 44.2 Å². The van der Waals surface area contributed by atoms with E-state index in [9.17, 15) is 9.90 Å². The van der Waals surface area contributed by atoms with Crippen molar-refractivity contribution in [2.75, 3.05) is 6.54 Å². The molecule has 1 aromatic carbocycles. The van der Waals surface area contributed by atoms with Crippen molar-refractivity contribution in [1.82, 2.24) is 5.32 Å². The number of nitrogens with one attached hydrogen (secondary N) is 1. The quantitative estimate of drug-likeness (QED) is 0.758. The molecule has 0 bridgehead atoms. The molecule has 0 saturated heterocycles. The van der Waals surface area contributed by atoms with Crippen molar-refractivity contribution < 1.29 is 15.0 Å². The Morgan fingerprint density at radius 3 is 2.71 bits per heavy atom. The molecule has 1 aliphatic carbocycles. The molecule has 2 rings (SSSR count). The van der Waals surface area contributed by atoms with E-state index in [4.69, 9.17) is 5.11 Å². The van der Waals surface area contributed by atoms with Crippen LogP contribution in [0.3, 0.4) is 0 Å². The molecule has 0 radical (unpaired) electrons. The number of aliphatic hydroxyl groups is 1. The monoisotopic (exact) mass is 355 g/mol. The van der Waals surface area contributed by atoms with Gasteiger partial charge in [0.2, 0.25) is 0 Å². The molecule has 0 amide bonds. The number of hydrogen-bond acceptors (Lipinski definition) is 3. The summed E-state index contributed by atoms with van der Waals surface area (Å²) in [5, 5.41) is 22.9. The third kappa shape index (κ3) is 4.53. The molecule has 116 valence electrons. The number of carbonyl (C=O) groups is 1. The van der Waals surface area contributed by atoms with E-state index in [1.165, 1.54) is 0 Å². The van der Waals surface area contributed by atoms with Crippen molar-refractivity contribution >= 4 is 21.9 Å². The van der Waals surface area contributed by atoms with Gasteiger partial charge < -0.3 is 15.5 Å². The van der Waals surface area contributed by atoms with Gasteiger partial charge in [-0.05, 0) is 50.3 Å². The minimum atomic E-state index is -0.785. The predicted octanol–water partition coefficient (Wildman–Crippen LogP) is 3.11. The number of carboxylic acid groups (broad SMARTS) is 1. The average molecular weight is 356 g/mol. The maximum absolute atomic E-state index is 10.9. The zero-order valence-corrected chi connectivity index (χ0v) is 13.8. The Morgan fingerprint density at radius 1 is 1.48 bits per heavy atom. The van der Waals surface area contributed by atoms with Crippen molar-refractivity contribution in [3.8, 4) is 0 Å². The zero-order valence-electron chi connectivity index (χ0n) is 12.2. The van der Waals surface area contributed by atoms with E-state index in [0.29, 0.717) is 32.2 Å². The van der Waals surface area contributed by atoms with Crippen LogP contribution in [0.25, 0.3) is 0 Å². The SMILES string of the molecule is C[C@H](NCC1(O)CCC(C(=O)O)CC1)c1cccc(Br)c1. The highest BCUT2D eigenvalue weighted by atomic mass is 79.9. The first kappa shape index (κ1) is 16.5. The Bertz CT molecular complexity index is 498. The van der Waals surface area contributed by atoms with Gasteiger partial charge in [0.1, 0.15) is 0 Å². The summed E-state index contributed by atoms with van der Waals surface area (Å²) in [5.74, 6) is -1.04. The maximum atomic E-state index is 10.9. The first-order valence-electron chi connectivity index (χ1n) is 7.34. The third-order valence-corrected chi connectivity index (χ3v) is 4.84. The molecule has 4 nitrogen and oxygen atoms in total. The number of benzene rings is 1. The fourth-order valence-electron chi connectivity index (χ4n) is 2.82. The van der Waals surface area contributed by atoms with Gasteiger partial charge in [0.15, 0.2) is 0 Å². The Labute approximate surface area is 133 Å². The van der Waals surface area contributed by atoms with E-state index < -0.39 is 11.6 Å². The third-order valence-electron chi connectivity index (χ3n) is 4.35. The fraction of sp³-hybridized carbons (Fsp3) is 0.562. The van der Waals surface area contributed by atoms with Gasteiger partial charge in [-0.3, -0.25) is 4.79 Å². The molecular formula is C16H22BrNO3. The van der Waals surface area contributed by atoms with Gasteiger partial charge in [0, 0.05) is 17.1 Å². The van der Waals surface area contributed by atoms with Gasteiger partial charge in [-0.25, -0.2) is 0 Å². The van der Waals surface area contributed by atoms with Crippen LogP contribution in [0.15, 0.2) is 28.7 Å². The van der Waals surface area contributed by atoms with Gasteiger partial charge in [0.05, 0.1) is 11.5 Å². The molecule has 5 heteroatoms. The van der Waals surface area contributed by atoms with Crippen LogP contribution in [0.4, 0.5) is 0 Å². The summed E-state index contributed by atoms with van der Waals surface area (Å²) in [5.41, 5.74) is 0.374. The molecule has 0 aliphatic heterocycles. The molecule has 1 atom stereocenters. The van der Waals surface area contributed by atoms with Crippen LogP contribution in [-0.2, 0) is 4.79 Å². The highest BCUT2D eigenvalue weighted by Crippen LogP contribution is 2.32. The van der Waals surface area contributed by atoms with Gasteiger partial charge in [-0.2, -0.15) is 0 Å². The van der Waals surface area contributed by atoms with Crippen LogP contribution >= 0.6 is 15.9 Å². The number of halogens is 1. The fourth-order valence-corrected chi connectivity index (χ4v) is 3.23. The molecule has 0 heterocycles. The molecule has 1 saturated carbocycles. The lowest BCUT2D eigenvalue weighted by Gasteiger charge is -2.35. The van der Waals surface area contributed by atoms with E-state index in [1.807, 2.05) is 18.2 Å².